The molecule has 0 aliphatic heterocycles. The lowest BCUT2D eigenvalue weighted by Crippen LogP contribution is -2.01. The zero-order valence-corrected chi connectivity index (χ0v) is 11.9. The Kier molecular flexibility index (Phi) is 6.59. The molecule has 0 fully saturated rings. The molecule has 22 heavy (non-hydrogen) atoms. The number of aromatic carboxylic acids is 1. The summed E-state index contributed by atoms with van der Waals surface area (Å²) in [7, 11) is 1.27. The van der Waals surface area contributed by atoms with Crippen LogP contribution >= 0.6 is 0 Å². The number of aromatic hydroxyl groups is 1. The van der Waals surface area contributed by atoms with Gasteiger partial charge in [-0.25, -0.2) is 9.59 Å². The molecule has 0 heterocycles. The Hall–Kier alpha value is -2.86. The van der Waals surface area contributed by atoms with Gasteiger partial charge in [-0.2, -0.15) is 0 Å². The molecule has 0 atom stereocenters. The Balaban J connectivity index is 0.000000220. The normalized spacial score (nSPS) is 9.36. The summed E-state index contributed by atoms with van der Waals surface area (Å²) >= 11 is 0. The summed E-state index contributed by atoms with van der Waals surface area (Å²) in [6, 6.07) is 12.6. The van der Waals surface area contributed by atoms with Gasteiger partial charge < -0.3 is 20.1 Å². The quantitative estimate of drug-likeness (QED) is 0.750. The molecule has 3 N–H and O–H groups in total. The van der Waals surface area contributed by atoms with Crippen molar-refractivity contribution < 1.29 is 29.6 Å². The van der Waals surface area contributed by atoms with E-state index in [2.05, 4.69) is 4.74 Å². The van der Waals surface area contributed by atoms with Gasteiger partial charge in [0.05, 0.1) is 19.3 Å². The van der Waals surface area contributed by atoms with Crippen LogP contribution in [0.4, 0.5) is 0 Å². The fourth-order valence-corrected chi connectivity index (χ4v) is 1.62. The third-order valence-corrected chi connectivity index (χ3v) is 2.73. The molecule has 0 aliphatic rings. The van der Waals surface area contributed by atoms with Crippen molar-refractivity contribution in [2.24, 2.45) is 0 Å². The predicted octanol–water partition coefficient (Wildman–Crippen LogP) is 2.06. The van der Waals surface area contributed by atoms with Crippen LogP contribution in [0, 0.1) is 0 Å². The molecule has 2 rings (SSSR count). The van der Waals surface area contributed by atoms with Gasteiger partial charge in [0.25, 0.3) is 0 Å². The second-order valence-electron chi connectivity index (χ2n) is 4.13. The van der Waals surface area contributed by atoms with Gasteiger partial charge in [0.2, 0.25) is 0 Å². The molecule has 0 amide bonds. The van der Waals surface area contributed by atoms with Crippen molar-refractivity contribution in [3.63, 3.8) is 0 Å². The monoisotopic (exact) mass is 304 g/mol. The highest BCUT2D eigenvalue weighted by atomic mass is 16.5. The van der Waals surface area contributed by atoms with Gasteiger partial charge in [-0.05, 0) is 23.8 Å². The maximum Gasteiger partial charge on any atom is 0.341 e. The molecule has 2 aromatic carbocycles. The van der Waals surface area contributed by atoms with Crippen LogP contribution in [0.2, 0.25) is 0 Å². The number of methoxy groups -OCH3 is 1. The number of carboxylic acids is 1. The lowest BCUT2D eigenvalue weighted by atomic mass is 10.1. The van der Waals surface area contributed by atoms with Crippen molar-refractivity contribution in [3.05, 3.63) is 65.2 Å². The fourth-order valence-electron chi connectivity index (χ4n) is 1.62. The average Bonchev–Trinajstić information content (AvgIpc) is 2.55. The van der Waals surface area contributed by atoms with Crippen molar-refractivity contribution in [3.8, 4) is 5.75 Å². The van der Waals surface area contributed by atoms with Gasteiger partial charge in [0.15, 0.2) is 0 Å². The molecule has 0 saturated carbocycles. The number of phenols is 1. The van der Waals surface area contributed by atoms with Gasteiger partial charge in [-0.1, -0.05) is 30.3 Å². The number of carbonyl (C=O) groups excluding carboxylic acids is 1. The summed E-state index contributed by atoms with van der Waals surface area (Å²) in [4.78, 5) is 21.3. The SMILES string of the molecule is COC(=O)c1ccccc1O.O=C(O)c1ccccc1CO. The predicted molar refractivity (Wildman–Crippen MR) is 78.8 cm³/mol. The summed E-state index contributed by atoms with van der Waals surface area (Å²) in [5.74, 6) is -1.59. The molecule has 2 aromatic rings. The van der Waals surface area contributed by atoms with E-state index in [1.165, 1.54) is 25.3 Å². The minimum atomic E-state index is -1.00. The van der Waals surface area contributed by atoms with Gasteiger partial charge in [-0.3, -0.25) is 0 Å². The lowest BCUT2D eigenvalue weighted by Gasteiger charge is -1.99. The zero-order chi connectivity index (χ0) is 16.5. The highest BCUT2D eigenvalue weighted by Gasteiger charge is 2.08. The summed E-state index contributed by atoms with van der Waals surface area (Å²) in [5.41, 5.74) is 0.796. The van der Waals surface area contributed by atoms with E-state index in [4.69, 9.17) is 15.3 Å². The van der Waals surface area contributed by atoms with Crippen LogP contribution in [0.15, 0.2) is 48.5 Å². The number of para-hydroxylation sites is 1. The van der Waals surface area contributed by atoms with Crippen LogP contribution in [0.1, 0.15) is 26.3 Å². The van der Waals surface area contributed by atoms with E-state index in [-0.39, 0.29) is 23.5 Å². The summed E-state index contributed by atoms with van der Waals surface area (Å²) in [6.07, 6.45) is 0. The van der Waals surface area contributed by atoms with E-state index in [9.17, 15) is 9.59 Å². The Morgan fingerprint density at radius 3 is 2.00 bits per heavy atom. The third kappa shape index (κ3) is 4.60. The van der Waals surface area contributed by atoms with Gasteiger partial charge in [0.1, 0.15) is 11.3 Å². The largest absolute Gasteiger partial charge is 0.507 e. The van der Waals surface area contributed by atoms with Crippen molar-refractivity contribution in [1.82, 2.24) is 0 Å². The number of hydrogen-bond donors (Lipinski definition) is 3. The van der Waals surface area contributed by atoms with E-state index in [0.29, 0.717) is 5.56 Å². The third-order valence-electron chi connectivity index (χ3n) is 2.73. The molecular weight excluding hydrogens is 288 g/mol. The number of aliphatic hydroxyl groups excluding tert-OH is 1. The van der Waals surface area contributed by atoms with Crippen LogP contribution in [0.5, 0.6) is 5.75 Å². The van der Waals surface area contributed by atoms with E-state index in [1.54, 1.807) is 30.3 Å². The standard InChI is InChI=1S/2C8H8O3/c1-11-8(10)6-4-2-3-5-7(6)9;9-5-6-3-1-2-4-7(6)8(10)11/h2-5,9H,1H3;1-4,9H,5H2,(H,10,11). The van der Waals surface area contributed by atoms with E-state index < -0.39 is 11.9 Å². The first kappa shape index (κ1) is 17.2. The molecule has 0 saturated heterocycles. The van der Waals surface area contributed by atoms with Crippen LogP contribution in [0.3, 0.4) is 0 Å². The smallest absolute Gasteiger partial charge is 0.341 e. The van der Waals surface area contributed by atoms with Crippen LogP contribution < -0.4 is 0 Å². The minimum absolute atomic E-state index is 0.0562. The van der Waals surface area contributed by atoms with E-state index in [1.807, 2.05) is 0 Å². The molecule has 0 radical (unpaired) electrons. The number of aliphatic hydroxyl groups is 1. The molecule has 116 valence electrons. The molecule has 0 aliphatic carbocycles. The number of ether oxygens (including phenoxy) is 1. The molecule has 0 aromatic heterocycles. The Morgan fingerprint density at radius 2 is 1.55 bits per heavy atom. The Labute approximate surface area is 127 Å². The number of hydrogen-bond acceptors (Lipinski definition) is 5. The summed E-state index contributed by atoms with van der Waals surface area (Å²) < 4.78 is 4.42. The highest BCUT2D eigenvalue weighted by molar-refractivity contribution is 5.92. The van der Waals surface area contributed by atoms with Crippen LogP contribution in [-0.2, 0) is 11.3 Å². The number of phenolic OH excluding ortho intramolecular Hbond substituents is 1. The summed E-state index contributed by atoms with van der Waals surface area (Å²) in [5, 5.41) is 26.4. The van der Waals surface area contributed by atoms with Crippen LogP contribution in [0.25, 0.3) is 0 Å². The first-order valence-corrected chi connectivity index (χ1v) is 6.29. The maximum atomic E-state index is 10.9. The molecule has 6 nitrogen and oxygen atoms in total. The number of esters is 1. The number of rotatable bonds is 3. The second-order valence-corrected chi connectivity index (χ2v) is 4.13. The second kappa shape index (κ2) is 8.43. The van der Waals surface area contributed by atoms with E-state index >= 15 is 0 Å². The maximum absolute atomic E-state index is 10.9. The number of carbonyl (C=O) groups is 2. The molecule has 0 spiro atoms. The molecule has 6 heteroatoms. The molecule has 0 bridgehead atoms. The summed E-state index contributed by atoms with van der Waals surface area (Å²) in [6.45, 7) is -0.234. The fraction of sp³-hybridized carbons (Fsp3) is 0.125. The van der Waals surface area contributed by atoms with Crippen molar-refractivity contribution in [1.29, 1.82) is 0 Å². The van der Waals surface area contributed by atoms with Gasteiger partial charge >= 0.3 is 11.9 Å². The van der Waals surface area contributed by atoms with Gasteiger partial charge in [0, 0.05) is 0 Å². The number of carboxylic acid groups (broad SMARTS) is 1. The van der Waals surface area contributed by atoms with Crippen LogP contribution in [-0.4, -0.2) is 34.4 Å². The van der Waals surface area contributed by atoms with Crippen molar-refractivity contribution in [2.45, 2.75) is 6.61 Å². The molecular formula is C16H16O6. The lowest BCUT2D eigenvalue weighted by molar-refractivity contribution is 0.0596. The zero-order valence-electron chi connectivity index (χ0n) is 11.9. The van der Waals surface area contributed by atoms with Crippen molar-refractivity contribution in [2.75, 3.05) is 7.11 Å². The van der Waals surface area contributed by atoms with Gasteiger partial charge in [-0.15, -0.1) is 0 Å². The Bertz CT molecular complexity index is 651. The first-order chi connectivity index (χ1) is 10.5. The molecule has 0 unspecified atom stereocenters. The Morgan fingerprint density at radius 1 is 1.00 bits per heavy atom. The minimum Gasteiger partial charge on any atom is -0.507 e. The van der Waals surface area contributed by atoms with Crippen molar-refractivity contribution >= 4 is 11.9 Å². The van der Waals surface area contributed by atoms with E-state index in [0.717, 1.165) is 0 Å². The topological polar surface area (TPSA) is 104 Å². The highest BCUT2D eigenvalue weighted by Crippen LogP contribution is 2.15. The number of benzene rings is 2. The first-order valence-electron chi connectivity index (χ1n) is 6.29. The average molecular weight is 304 g/mol.